The Labute approximate surface area is 176 Å². The maximum absolute atomic E-state index is 13.2. The molecule has 6 nitrogen and oxygen atoms in total. The van der Waals surface area contributed by atoms with Crippen LogP contribution < -0.4 is 9.47 Å². The van der Waals surface area contributed by atoms with Crippen molar-refractivity contribution in [2.24, 2.45) is 0 Å². The van der Waals surface area contributed by atoms with Crippen molar-refractivity contribution in [1.29, 1.82) is 0 Å². The van der Waals surface area contributed by atoms with E-state index in [4.69, 9.17) is 9.47 Å². The number of imide groups is 1. The van der Waals surface area contributed by atoms with E-state index in [1.54, 1.807) is 25.3 Å². The van der Waals surface area contributed by atoms with Crippen molar-refractivity contribution in [3.63, 3.8) is 0 Å². The maximum atomic E-state index is 13.2. The summed E-state index contributed by atoms with van der Waals surface area (Å²) in [6, 6.07) is 12.1. The number of aliphatic hydroxyl groups is 1. The molecular weight excluding hydrogens is 382 g/mol. The van der Waals surface area contributed by atoms with Gasteiger partial charge in [0.05, 0.1) is 25.7 Å². The second-order valence-electron chi connectivity index (χ2n) is 7.87. The van der Waals surface area contributed by atoms with Crippen LogP contribution in [0.15, 0.2) is 42.5 Å². The monoisotopic (exact) mass is 409 g/mol. The third-order valence-electron chi connectivity index (χ3n) is 5.96. The van der Waals surface area contributed by atoms with Crippen molar-refractivity contribution in [3.8, 4) is 11.5 Å². The predicted octanol–water partition coefficient (Wildman–Crippen LogP) is 3.67. The average Bonchev–Trinajstić information content (AvgIpc) is 3.26. The van der Waals surface area contributed by atoms with Gasteiger partial charge < -0.3 is 14.6 Å². The summed E-state index contributed by atoms with van der Waals surface area (Å²) in [6.45, 7) is -0.145. The molecule has 0 aromatic heterocycles. The molecule has 0 bridgehead atoms. The summed E-state index contributed by atoms with van der Waals surface area (Å²) < 4.78 is 11.7. The Morgan fingerprint density at radius 2 is 1.87 bits per heavy atom. The zero-order valence-electron chi connectivity index (χ0n) is 17.2. The molecule has 158 valence electrons. The van der Waals surface area contributed by atoms with Crippen LogP contribution in [0.1, 0.15) is 59.6 Å². The van der Waals surface area contributed by atoms with Gasteiger partial charge in [-0.15, -0.1) is 0 Å². The molecule has 1 atom stereocenters. The number of nitrogens with zero attached hydrogens (tertiary/aromatic N) is 1. The molecular formula is C24H27NO5. The number of fused-ring (bicyclic) bond motifs is 1. The highest BCUT2D eigenvalue weighted by atomic mass is 16.5. The van der Waals surface area contributed by atoms with Crippen molar-refractivity contribution in [2.75, 3.05) is 13.7 Å². The summed E-state index contributed by atoms with van der Waals surface area (Å²) in [5, 5.41) is 9.69. The molecule has 2 aromatic carbocycles. The number of benzene rings is 2. The summed E-state index contributed by atoms with van der Waals surface area (Å²) in [6.07, 6.45) is 4.89. The summed E-state index contributed by atoms with van der Waals surface area (Å²) in [7, 11) is 1.59. The van der Waals surface area contributed by atoms with Crippen LogP contribution in [-0.4, -0.2) is 41.6 Å². The molecule has 1 N–H and O–H groups in total. The van der Waals surface area contributed by atoms with Crippen LogP contribution in [0.5, 0.6) is 11.5 Å². The van der Waals surface area contributed by atoms with Crippen molar-refractivity contribution in [3.05, 3.63) is 59.2 Å². The van der Waals surface area contributed by atoms with Crippen LogP contribution in [0.2, 0.25) is 0 Å². The molecule has 1 fully saturated rings. The lowest BCUT2D eigenvalue weighted by molar-refractivity contribution is -0.130. The van der Waals surface area contributed by atoms with E-state index in [0.29, 0.717) is 17.1 Å². The molecule has 1 unspecified atom stereocenters. The molecule has 0 radical (unpaired) electrons. The first-order chi connectivity index (χ1) is 14.6. The first-order valence-electron chi connectivity index (χ1n) is 10.5. The zero-order valence-corrected chi connectivity index (χ0v) is 17.2. The number of carbonyl (C=O) groups is 2. The van der Waals surface area contributed by atoms with E-state index in [2.05, 4.69) is 0 Å². The Morgan fingerprint density at radius 3 is 2.60 bits per heavy atom. The highest BCUT2D eigenvalue weighted by molar-refractivity contribution is 6.10. The first-order valence-corrected chi connectivity index (χ1v) is 10.5. The van der Waals surface area contributed by atoms with Gasteiger partial charge in [-0.1, -0.05) is 24.3 Å². The van der Waals surface area contributed by atoms with E-state index in [9.17, 15) is 14.7 Å². The molecule has 2 aliphatic rings. The van der Waals surface area contributed by atoms with Crippen LogP contribution in [0.25, 0.3) is 0 Å². The molecule has 6 heteroatoms. The molecule has 1 aliphatic carbocycles. The van der Waals surface area contributed by atoms with Gasteiger partial charge in [-0.3, -0.25) is 14.5 Å². The smallest absolute Gasteiger partial charge is 0.261 e. The fraction of sp³-hybridized carbons (Fsp3) is 0.417. The molecule has 0 spiro atoms. The first kappa shape index (κ1) is 20.4. The quantitative estimate of drug-likeness (QED) is 0.706. The van der Waals surface area contributed by atoms with E-state index in [0.717, 1.165) is 36.8 Å². The van der Waals surface area contributed by atoms with Crippen LogP contribution in [0.3, 0.4) is 0 Å². The largest absolute Gasteiger partial charge is 0.493 e. The van der Waals surface area contributed by atoms with Crippen molar-refractivity contribution in [2.45, 2.75) is 50.7 Å². The fourth-order valence-electron chi connectivity index (χ4n) is 4.44. The van der Waals surface area contributed by atoms with Gasteiger partial charge in [-0.2, -0.15) is 0 Å². The molecule has 2 aromatic rings. The minimum absolute atomic E-state index is 0.145. The minimum Gasteiger partial charge on any atom is -0.493 e. The lowest BCUT2D eigenvalue weighted by atomic mass is 9.94. The highest BCUT2D eigenvalue weighted by Crippen LogP contribution is 2.37. The van der Waals surface area contributed by atoms with Crippen molar-refractivity contribution in [1.82, 2.24) is 4.90 Å². The van der Waals surface area contributed by atoms with Crippen LogP contribution in [0.4, 0.5) is 0 Å². The number of amides is 2. The van der Waals surface area contributed by atoms with Gasteiger partial charge in [0.1, 0.15) is 0 Å². The Kier molecular flexibility index (Phi) is 6.04. The number of rotatable bonds is 7. The number of ether oxygens (including phenoxy) is 2. The predicted molar refractivity (Wildman–Crippen MR) is 112 cm³/mol. The molecule has 0 saturated heterocycles. The van der Waals surface area contributed by atoms with Gasteiger partial charge in [0.2, 0.25) is 5.91 Å². The Hall–Kier alpha value is -2.86. The van der Waals surface area contributed by atoms with E-state index >= 15 is 0 Å². The molecule has 2 amide bonds. The van der Waals surface area contributed by atoms with Crippen LogP contribution in [0, 0.1) is 0 Å². The lowest BCUT2D eigenvalue weighted by Crippen LogP contribution is -2.44. The summed E-state index contributed by atoms with van der Waals surface area (Å²) in [4.78, 5) is 27.4. The molecule has 1 aliphatic heterocycles. The SMILES string of the molecule is COc1ccc(C(CCO)N2C(=O)Cc3ccccc3C2=O)cc1OC1CCCC1. The lowest BCUT2D eigenvalue weighted by Gasteiger charge is -2.34. The van der Waals surface area contributed by atoms with Crippen LogP contribution in [-0.2, 0) is 11.2 Å². The van der Waals surface area contributed by atoms with Gasteiger partial charge in [-0.05, 0) is 61.4 Å². The number of methoxy groups -OCH3 is 1. The van der Waals surface area contributed by atoms with Gasteiger partial charge in [-0.25, -0.2) is 0 Å². The second kappa shape index (κ2) is 8.88. The van der Waals surface area contributed by atoms with E-state index < -0.39 is 6.04 Å². The maximum Gasteiger partial charge on any atom is 0.261 e. The van der Waals surface area contributed by atoms with E-state index in [1.165, 1.54) is 4.90 Å². The topological polar surface area (TPSA) is 76.1 Å². The average molecular weight is 409 g/mol. The number of hydrogen-bond acceptors (Lipinski definition) is 5. The van der Waals surface area contributed by atoms with E-state index in [-0.39, 0.29) is 37.4 Å². The van der Waals surface area contributed by atoms with Crippen LogP contribution >= 0.6 is 0 Å². The van der Waals surface area contributed by atoms with Gasteiger partial charge in [0.25, 0.3) is 5.91 Å². The number of carbonyl (C=O) groups excluding carboxylic acids is 2. The van der Waals surface area contributed by atoms with Crippen molar-refractivity contribution < 1.29 is 24.2 Å². The normalized spacial score (nSPS) is 17.7. The van der Waals surface area contributed by atoms with E-state index in [1.807, 2.05) is 24.3 Å². The minimum atomic E-state index is -0.569. The van der Waals surface area contributed by atoms with Gasteiger partial charge in [0.15, 0.2) is 11.5 Å². The number of aliphatic hydroxyl groups excluding tert-OH is 1. The third-order valence-corrected chi connectivity index (χ3v) is 5.96. The summed E-state index contributed by atoms with van der Waals surface area (Å²) in [5.41, 5.74) is 2.03. The highest BCUT2D eigenvalue weighted by Gasteiger charge is 2.36. The molecule has 1 saturated carbocycles. The van der Waals surface area contributed by atoms with Gasteiger partial charge >= 0.3 is 0 Å². The molecule has 30 heavy (non-hydrogen) atoms. The summed E-state index contributed by atoms with van der Waals surface area (Å²) >= 11 is 0. The Bertz CT molecular complexity index is 935. The number of hydrogen-bond donors (Lipinski definition) is 1. The van der Waals surface area contributed by atoms with Crippen molar-refractivity contribution >= 4 is 11.8 Å². The standard InChI is InChI=1S/C24H27NO5/c1-29-21-11-10-17(14-22(21)30-18-7-3-4-8-18)20(12-13-26)25-23(27)15-16-6-2-5-9-19(16)24(25)28/h2,5-6,9-11,14,18,20,26H,3-4,7-8,12-13,15H2,1H3. The Balaban J connectivity index is 1.69. The summed E-state index contributed by atoms with van der Waals surface area (Å²) in [5.74, 6) is 0.651. The second-order valence-corrected chi connectivity index (χ2v) is 7.87. The molecule has 1 heterocycles. The Morgan fingerprint density at radius 1 is 1.10 bits per heavy atom. The fourth-order valence-corrected chi connectivity index (χ4v) is 4.44. The zero-order chi connectivity index (χ0) is 21.1. The van der Waals surface area contributed by atoms with Gasteiger partial charge in [0, 0.05) is 12.2 Å². The third kappa shape index (κ3) is 3.92. The molecule has 4 rings (SSSR count).